The van der Waals surface area contributed by atoms with Gasteiger partial charge in [0.25, 0.3) is 0 Å². The number of rotatable bonds is 0. The van der Waals surface area contributed by atoms with Crippen molar-refractivity contribution in [2.75, 3.05) is 18.8 Å². The Labute approximate surface area is 136 Å². The summed E-state index contributed by atoms with van der Waals surface area (Å²) in [6.07, 6.45) is 8.37. The summed E-state index contributed by atoms with van der Waals surface area (Å²) in [5.41, 5.74) is 9.61. The SMILES string of the molecule is C1CCNCC1.Nc1c2c(nc3cc(O)c(O)cc13)CCCC2. The molecule has 5 nitrogen and oxygen atoms in total. The molecule has 5 heteroatoms. The average molecular weight is 315 g/mol. The van der Waals surface area contributed by atoms with E-state index in [4.69, 9.17) is 5.73 Å². The molecular formula is C18H25N3O2. The largest absolute Gasteiger partial charge is 0.504 e. The molecule has 0 amide bonds. The Morgan fingerprint density at radius 3 is 2.26 bits per heavy atom. The predicted molar refractivity (Wildman–Crippen MR) is 92.8 cm³/mol. The van der Waals surface area contributed by atoms with Crippen LogP contribution in [0.4, 0.5) is 5.69 Å². The topological polar surface area (TPSA) is 91.4 Å². The fourth-order valence-electron chi connectivity index (χ4n) is 3.29. The number of aryl methyl sites for hydroxylation is 1. The van der Waals surface area contributed by atoms with Crippen LogP contribution in [-0.2, 0) is 12.8 Å². The number of pyridine rings is 1. The smallest absolute Gasteiger partial charge is 0.159 e. The van der Waals surface area contributed by atoms with Crippen LogP contribution in [0.5, 0.6) is 11.5 Å². The Morgan fingerprint density at radius 1 is 0.913 bits per heavy atom. The molecule has 1 aliphatic heterocycles. The Hall–Kier alpha value is -2.01. The molecule has 0 radical (unpaired) electrons. The van der Waals surface area contributed by atoms with Gasteiger partial charge in [0.2, 0.25) is 0 Å². The molecule has 0 unspecified atom stereocenters. The van der Waals surface area contributed by atoms with Crippen molar-refractivity contribution < 1.29 is 10.2 Å². The van der Waals surface area contributed by atoms with Gasteiger partial charge in [-0.1, -0.05) is 6.42 Å². The number of nitrogen functional groups attached to an aromatic ring is 1. The number of phenolic OH excluding ortho intramolecular Hbond substituents is 2. The Kier molecular flexibility index (Phi) is 4.86. The first kappa shape index (κ1) is 15.9. The van der Waals surface area contributed by atoms with Gasteiger partial charge in [-0.05, 0) is 63.2 Å². The number of aromatic nitrogens is 1. The van der Waals surface area contributed by atoms with E-state index in [2.05, 4.69) is 10.3 Å². The molecule has 1 fully saturated rings. The van der Waals surface area contributed by atoms with Gasteiger partial charge in [-0.15, -0.1) is 0 Å². The number of phenols is 2. The summed E-state index contributed by atoms with van der Waals surface area (Å²) in [5, 5.41) is 23.0. The van der Waals surface area contributed by atoms with Gasteiger partial charge in [-0.2, -0.15) is 0 Å². The van der Waals surface area contributed by atoms with Crippen molar-refractivity contribution >= 4 is 16.6 Å². The Bertz CT molecular complexity index is 685. The molecule has 1 saturated heterocycles. The maximum Gasteiger partial charge on any atom is 0.159 e. The first-order chi connectivity index (χ1) is 11.2. The molecule has 4 rings (SSSR count). The predicted octanol–water partition coefficient (Wildman–Crippen LogP) is 2.87. The van der Waals surface area contributed by atoms with Gasteiger partial charge < -0.3 is 21.3 Å². The zero-order valence-electron chi connectivity index (χ0n) is 13.4. The van der Waals surface area contributed by atoms with E-state index >= 15 is 0 Å². The number of hydrogen-bond donors (Lipinski definition) is 4. The maximum atomic E-state index is 9.51. The molecule has 0 bridgehead atoms. The summed E-state index contributed by atoms with van der Waals surface area (Å²) in [6, 6.07) is 2.96. The van der Waals surface area contributed by atoms with E-state index < -0.39 is 0 Å². The van der Waals surface area contributed by atoms with Crippen molar-refractivity contribution in [1.82, 2.24) is 10.3 Å². The van der Waals surface area contributed by atoms with E-state index in [-0.39, 0.29) is 11.5 Å². The zero-order chi connectivity index (χ0) is 16.2. The highest BCUT2D eigenvalue weighted by molar-refractivity contribution is 5.94. The van der Waals surface area contributed by atoms with Crippen LogP contribution in [-0.4, -0.2) is 28.3 Å². The van der Waals surface area contributed by atoms with Crippen LogP contribution in [0.1, 0.15) is 43.4 Å². The summed E-state index contributed by atoms with van der Waals surface area (Å²) in [5.74, 6) is -0.304. The highest BCUT2D eigenvalue weighted by atomic mass is 16.3. The van der Waals surface area contributed by atoms with Gasteiger partial charge >= 0.3 is 0 Å². The molecule has 1 aromatic heterocycles. The monoisotopic (exact) mass is 315 g/mol. The lowest BCUT2D eigenvalue weighted by Crippen LogP contribution is -2.21. The first-order valence-corrected chi connectivity index (χ1v) is 8.50. The molecule has 0 saturated carbocycles. The second-order valence-corrected chi connectivity index (χ2v) is 6.33. The number of benzene rings is 1. The minimum Gasteiger partial charge on any atom is -0.504 e. The molecule has 1 aliphatic carbocycles. The molecule has 2 aliphatic rings. The van der Waals surface area contributed by atoms with Crippen molar-refractivity contribution in [3.05, 3.63) is 23.4 Å². The lowest BCUT2D eigenvalue weighted by atomic mass is 9.93. The third-order valence-electron chi connectivity index (χ3n) is 4.61. The third kappa shape index (κ3) is 3.50. The van der Waals surface area contributed by atoms with Gasteiger partial charge in [-0.25, -0.2) is 0 Å². The molecular weight excluding hydrogens is 290 g/mol. The van der Waals surface area contributed by atoms with Crippen molar-refractivity contribution in [1.29, 1.82) is 0 Å². The van der Waals surface area contributed by atoms with Crippen LogP contribution in [0, 0.1) is 0 Å². The zero-order valence-corrected chi connectivity index (χ0v) is 13.4. The third-order valence-corrected chi connectivity index (χ3v) is 4.61. The molecule has 124 valence electrons. The van der Waals surface area contributed by atoms with Gasteiger partial charge in [-0.3, -0.25) is 4.98 Å². The molecule has 5 N–H and O–H groups in total. The Balaban J connectivity index is 0.000000220. The van der Waals surface area contributed by atoms with E-state index in [1.165, 1.54) is 44.5 Å². The summed E-state index contributed by atoms with van der Waals surface area (Å²) in [7, 11) is 0. The fraction of sp³-hybridized carbons (Fsp3) is 0.500. The van der Waals surface area contributed by atoms with E-state index in [0.717, 1.165) is 42.3 Å². The van der Waals surface area contributed by atoms with Crippen LogP contribution in [0.3, 0.4) is 0 Å². The molecule has 1 aromatic carbocycles. The lowest BCUT2D eigenvalue weighted by Gasteiger charge is -2.18. The minimum atomic E-state index is -0.153. The number of aromatic hydroxyl groups is 2. The number of piperidine rings is 1. The standard InChI is InChI=1S/C13H14N2O2.C5H11N/c14-13-7-3-1-2-4-9(7)15-10-6-12(17)11(16)5-8(10)13;1-2-4-6-5-3-1/h5-6,16-17H,1-4H2,(H2,14,15);6H,1-5H2. The lowest BCUT2D eigenvalue weighted by molar-refractivity contribution is 0.405. The Morgan fingerprint density at radius 2 is 1.61 bits per heavy atom. The van der Waals surface area contributed by atoms with Gasteiger partial charge in [0.1, 0.15) is 0 Å². The number of fused-ring (bicyclic) bond motifs is 2. The van der Waals surface area contributed by atoms with Crippen molar-refractivity contribution in [3.63, 3.8) is 0 Å². The van der Waals surface area contributed by atoms with Gasteiger partial charge in [0, 0.05) is 22.8 Å². The van der Waals surface area contributed by atoms with E-state index in [1.807, 2.05) is 0 Å². The van der Waals surface area contributed by atoms with E-state index in [0.29, 0.717) is 11.2 Å². The number of nitrogens with zero attached hydrogens (tertiary/aromatic N) is 1. The van der Waals surface area contributed by atoms with Crippen LogP contribution < -0.4 is 11.1 Å². The van der Waals surface area contributed by atoms with Crippen molar-refractivity contribution in [3.8, 4) is 11.5 Å². The molecule has 0 spiro atoms. The average Bonchev–Trinajstić information content (AvgIpc) is 2.59. The highest BCUT2D eigenvalue weighted by Gasteiger charge is 2.17. The van der Waals surface area contributed by atoms with Crippen LogP contribution in [0.2, 0.25) is 0 Å². The number of nitrogens with one attached hydrogen (secondary N) is 1. The quantitative estimate of drug-likeness (QED) is 0.561. The van der Waals surface area contributed by atoms with Crippen LogP contribution in [0.25, 0.3) is 10.9 Å². The molecule has 2 heterocycles. The molecule has 23 heavy (non-hydrogen) atoms. The number of hydrogen-bond acceptors (Lipinski definition) is 5. The minimum absolute atomic E-state index is 0.151. The number of nitrogens with two attached hydrogens (primary N) is 1. The van der Waals surface area contributed by atoms with Crippen molar-refractivity contribution in [2.24, 2.45) is 0 Å². The van der Waals surface area contributed by atoms with Crippen molar-refractivity contribution in [2.45, 2.75) is 44.9 Å². The highest BCUT2D eigenvalue weighted by Crippen LogP contribution is 2.36. The normalized spacial score (nSPS) is 17.2. The second-order valence-electron chi connectivity index (χ2n) is 6.33. The van der Waals surface area contributed by atoms with Crippen LogP contribution in [0.15, 0.2) is 12.1 Å². The van der Waals surface area contributed by atoms with Crippen LogP contribution >= 0.6 is 0 Å². The van der Waals surface area contributed by atoms with E-state index in [1.54, 1.807) is 0 Å². The molecule has 2 aromatic rings. The first-order valence-electron chi connectivity index (χ1n) is 8.50. The fourth-order valence-corrected chi connectivity index (χ4v) is 3.29. The number of anilines is 1. The molecule has 0 atom stereocenters. The summed E-state index contributed by atoms with van der Waals surface area (Å²) < 4.78 is 0. The summed E-state index contributed by atoms with van der Waals surface area (Å²) in [4.78, 5) is 4.53. The second kappa shape index (κ2) is 7.04. The summed E-state index contributed by atoms with van der Waals surface area (Å²) >= 11 is 0. The van der Waals surface area contributed by atoms with Gasteiger partial charge in [0.15, 0.2) is 11.5 Å². The van der Waals surface area contributed by atoms with Gasteiger partial charge in [0.05, 0.1) is 5.52 Å². The van der Waals surface area contributed by atoms with E-state index in [9.17, 15) is 10.2 Å². The summed E-state index contributed by atoms with van der Waals surface area (Å²) in [6.45, 7) is 2.50. The maximum absolute atomic E-state index is 9.51.